The molecule has 0 bridgehead atoms. The standard InChI is InChI=1S/C11H19NO3S2/c1-17(14,15)12-4-2-3-9(6-12)5-10-7-16-8-11(10)13/h9-10H,2-8H2,1H3. The van der Waals surface area contributed by atoms with Crippen molar-refractivity contribution < 1.29 is 13.2 Å². The lowest BCUT2D eigenvalue weighted by Gasteiger charge is -2.31. The van der Waals surface area contributed by atoms with Gasteiger partial charge in [0.05, 0.1) is 12.0 Å². The Balaban J connectivity index is 1.91. The van der Waals surface area contributed by atoms with Crippen LogP contribution in [0.4, 0.5) is 0 Å². The molecule has 98 valence electrons. The van der Waals surface area contributed by atoms with Crippen molar-refractivity contribution in [2.45, 2.75) is 19.3 Å². The molecule has 2 saturated heterocycles. The van der Waals surface area contributed by atoms with Gasteiger partial charge in [0.1, 0.15) is 5.78 Å². The molecule has 0 aliphatic carbocycles. The number of carbonyl (C=O) groups excluding carboxylic acids is 1. The first-order chi connectivity index (χ1) is 7.97. The zero-order valence-corrected chi connectivity index (χ0v) is 11.7. The molecule has 2 fully saturated rings. The van der Waals surface area contributed by atoms with Gasteiger partial charge in [0.25, 0.3) is 0 Å². The summed E-state index contributed by atoms with van der Waals surface area (Å²) < 4.78 is 24.5. The SMILES string of the molecule is CS(=O)(=O)N1CCCC(CC2CSCC2=O)C1. The number of carbonyl (C=O) groups is 1. The minimum Gasteiger partial charge on any atom is -0.298 e. The molecule has 0 amide bonds. The van der Waals surface area contributed by atoms with Gasteiger partial charge in [0.2, 0.25) is 10.0 Å². The van der Waals surface area contributed by atoms with Crippen molar-refractivity contribution in [2.24, 2.45) is 11.8 Å². The van der Waals surface area contributed by atoms with Gasteiger partial charge < -0.3 is 0 Å². The fourth-order valence-corrected chi connectivity index (χ4v) is 4.74. The molecule has 0 aromatic carbocycles. The van der Waals surface area contributed by atoms with E-state index in [-0.39, 0.29) is 5.92 Å². The first-order valence-corrected chi connectivity index (χ1v) is 9.02. The monoisotopic (exact) mass is 277 g/mol. The van der Waals surface area contributed by atoms with Gasteiger partial charge in [-0.1, -0.05) is 0 Å². The Kier molecular flexibility index (Phi) is 4.15. The highest BCUT2D eigenvalue weighted by Crippen LogP contribution is 2.30. The molecule has 2 aliphatic rings. The molecule has 2 unspecified atom stereocenters. The molecule has 2 rings (SSSR count). The van der Waals surface area contributed by atoms with Crippen molar-refractivity contribution in [3.63, 3.8) is 0 Å². The first kappa shape index (κ1) is 13.4. The van der Waals surface area contributed by atoms with Crippen molar-refractivity contribution in [3.05, 3.63) is 0 Å². The maximum Gasteiger partial charge on any atom is 0.211 e. The second kappa shape index (κ2) is 5.28. The minimum atomic E-state index is -3.06. The van der Waals surface area contributed by atoms with Crippen LogP contribution < -0.4 is 0 Å². The molecule has 0 aromatic heterocycles. The predicted octanol–water partition coefficient (Wildman–Crippen LogP) is 0.980. The Hall–Kier alpha value is -0.0700. The lowest BCUT2D eigenvalue weighted by atomic mass is 9.88. The minimum absolute atomic E-state index is 0.171. The second-order valence-corrected chi connectivity index (χ2v) is 8.06. The molecule has 0 spiro atoms. The summed E-state index contributed by atoms with van der Waals surface area (Å²) in [5.41, 5.74) is 0. The zero-order valence-electron chi connectivity index (χ0n) is 10.1. The van der Waals surface area contributed by atoms with Gasteiger partial charge in [-0.05, 0) is 25.2 Å². The van der Waals surface area contributed by atoms with E-state index in [4.69, 9.17) is 0 Å². The molecule has 4 nitrogen and oxygen atoms in total. The number of hydrogen-bond acceptors (Lipinski definition) is 4. The van der Waals surface area contributed by atoms with Crippen LogP contribution in [0, 0.1) is 11.8 Å². The van der Waals surface area contributed by atoms with Gasteiger partial charge in [-0.15, -0.1) is 0 Å². The van der Waals surface area contributed by atoms with Crippen LogP contribution in [0.15, 0.2) is 0 Å². The second-order valence-electron chi connectivity index (χ2n) is 5.04. The summed E-state index contributed by atoms with van der Waals surface area (Å²) in [4.78, 5) is 11.6. The lowest BCUT2D eigenvalue weighted by molar-refractivity contribution is -0.119. The molecular formula is C11H19NO3S2. The van der Waals surface area contributed by atoms with Crippen molar-refractivity contribution in [1.29, 1.82) is 0 Å². The van der Waals surface area contributed by atoms with E-state index in [1.807, 2.05) is 0 Å². The van der Waals surface area contributed by atoms with E-state index < -0.39 is 10.0 Å². The van der Waals surface area contributed by atoms with Crippen LogP contribution in [0.3, 0.4) is 0 Å². The summed E-state index contributed by atoms with van der Waals surface area (Å²) in [5.74, 6) is 2.46. The van der Waals surface area contributed by atoms with Crippen molar-refractivity contribution in [2.75, 3.05) is 30.9 Å². The smallest absolute Gasteiger partial charge is 0.211 e. The van der Waals surface area contributed by atoms with Crippen LogP contribution in [0.2, 0.25) is 0 Å². The van der Waals surface area contributed by atoms with E-state index >= 15 is 0 Å². The molecule has 0 aromatic rings. The number of ketones is 1. The number of rotatable bonds is 3. The predicted molar refractivity (Wildman–Crippen MR) is 69.6 cm³/mol. The summed E-state index contributed by atoms with van der Waals surface area (Å²) in [5, 5.41) is 0. The van der Waals surface area contributed by atoms with Crippen molar-refractivity contribution in [3.8, 4) is 0 Å². The first-order valence-electron chi connectivity index (χ1n) is 6.02. The molecule has 2 heterocycles. The Morgan fingerprint density at radius 2 is 2.24 bits per heavy atom. The molecule has 0 radical (unpaired) electrons. The lowest BCUT2D eigenvalue weighted by Crippen LogP contribution is -2.40. The van der Waals surface area contributed by atoms with E-state index in [0.717, 1.165) is 25.0 Å². The molecular weight excluding hydrogens is 258 g/mol. The van der Waals surface area contributed by atoms with Crippen LogP contribution in [0.1, 0.15) is 19.3 Å². The van der Waals surface area contributed by atoms with Crippen molar-refractivity contribution in [1.82, 2.24) is 4.31 Å². The van der Waals surface area contributed by atoms with E-state index in [9.17, 15) is 13.2 Å². The highest BCUT2D eigenvalue weighted by molar-refractivity contribution is 8.00. The zero-order chi connectivity index (χ0) is 12.5. The van der Waals surface area contributed by atoms with Crippen LogP contribution in [0.25, 0.3) is 0 Å². The van der Waals surface area contributed by atoms with Gasteiger partial charge in [-0.2, -0.15) is 11.8 Å². The normalized spacial score (nSPS) is 31.9. The Morgan fingerprint density at radius 1 is 1.47 bits per heavy atom. The van der Waals surface area contributed by atoms with Gasteiger partial charge in [-0.3, -0.25) is 4.79 Å². The van der Waals surface area contributed by atoms with Crippen LogP contribution in [0.5, 0.6) is 0 Å². The summed E-state index contributed by atoms with van der Waals surface area (Å²) in [7, 11) is -3.06. The fourth-order valence-electron chi connectivity index (χ4n) is 2.63. The molecule has 0 saturated carbocycles. The Labute approximate surface area is 107 Å². The van der Waals surface area contributed by atoms with E-state index in [0.29, 0.717) is 30.5 Å². The largest absolute Gasteiger partial charge is 0.298 e. The molecule has 6 heteroatoms. The summed E-state index contributed by atoms with van der Waals surface area (Å²) in [6.45, 7) is 1.25. The molecule has 2 atom stereocenters. The Morgan fingerprint density at radius 3 is 2.82 bits per heavy atom. The fraction of sp³-hybridized carbons (Fsp3) is 0.909. The number of hydrogen-bond donors (Lipinski definition) is 0. The molecule has 2 aliphatic heterocycles. The highest BCUT2D eigenvalue weighted by Gasteiger charge is 2.31. The average Bonchev–Trinajstić information content (AvgIpc) is 2.64. The average molecular weight is 277 g/mol. The molecule has 0 N–H and O–H groups in total. The number of Topliss-reactive ketones (excluding diaryl/α,β-unsaturated/α-hetero) is 1. The third-order valence-corrected chi connectivity index (χ3v) is 5.98. The maximum atomic E-state index is 11.6. The van der Waals surface area contributed by atoms with E-state index in [1.54, 1.807) is 16.1 Å². The van der Waals surface area contributed by atoms with Gasteiger partial charge in [-0.25, -0.2) is 12.7 Å². The number of thioether (sulfide) groups is 1. The van der Waals surface area contributed by atoms with Gasteiger partial charge in [0, 0.05) is 24.8 Å². The van der Waals surface area contributed by atoms with Crippen LogP contribution in [-0.4, -0.2) is 49.4 Å². The molecule has 17 heavy (non-hydrogen) atoms. The highest BCUT2D eigenvalue weighted by atomic mass is 32.2. The van der Waals surface area contributed by atoms with Gasteiger partial charge >= 0.3 is 0 Å². The van der Waals surface area contributed by atoms with Crippen molar-refractivity contribution >= 4 is 27.6 Å². The van der Waals surface area contributed by atoms with Crippen LogP contribution in [-0.2, 0) is 14.8 Å². The van der Waals surface area contributed by atoms with E-state index in [2.05, 4.69) is 0 Å². The van der Waals surface area contributed by atoms with Crippen LogP contribution >= 0.6 is 11.8 Å². The topological polar surface area (TPSA) is 54.5 Å². The number of nitrogens with zero attached hydrogens (tertiary/aromatic N) is 1. The third-order valence-electron chi connectivity index (χ3n) is 3.59. The summed E-state index contributed by atoms with van der Waals surface area (Å²) in [6.07, 6.45) is 4.12. The third kappa shape index (κ3) is 3.45. The van der Waals surface area contributed by atoms with Gasteiger partial charge in [0.15, 0.2) is 0 Å². The number of piperidine rings is 1. The number of sulfonamides is 1. The van der Waals surface area contributed by atoms with E-state index in [1.165, 1.54) is 6.26 Å². The summed E-state index contributed by atoms with van der Waals surface area (Å²) in [6, 6.07) is 0. The quantitative estimate of drug-likeness (QED) is 0.771. The summed E-state index contributed by atoms with van der Waals surface area (Å²) >= 11 is 1.70. The Bertz CT molecular complexity index is 394. The maximum absolute atomic E-state index is 11.6.